The number of hydrogen-bond donors (Lipinski definition) is 0. The number of rotatable bonds is 3. The first kappa shape index (κ1) is 21.6. The van der Waals surface area contributed by atoms with Crippen molar-refractivity contribution in [3.8, 4) is 10.4 Å². The van der Waals surface area contributed by atoms with Crippen LogP contribution in [0, 0.1) is 27.7 Å². The van der Waals surface area contributed by atoms with Gasteiger partial charge in [0.05, 0.1) is 4.88 Å². The highest BCUT2D eigenvalue weighted by atomic mass is 32.1. The smallest absolute Gasteiger partial charge is 0.264 e. The summed E-state index contributed by atoms with van der Waals surface area (Å²) in [6.07, 6.45) is 7.70. The van der Waals surface area contributed by atoms with Crippen LogP contribution in [0.1, 0.15) is 70.5 Å². The zero-order valence-corrected chi connectivity index (χ0v) is 19.9. The molecule has 0 saturated carbocycles. The van der Waals surface area contributed by atoms with E-state index in [0.717, 1.165) is 36.4 Å². The molecule has 0 radical (unpaired) electrons. The molecule has 1 aromatic heterocycles. The largest absolute Gasteiger partial charge is 0.338 e. The lowest BCUT2D eigenvalue weighted by atomic mass is 9.98. The molecule has 4 rings (SSSR count). The Hall–Kier alpha value is -1.65. The van der Waals surface area contributed by atoms with Crippen LogP contribution in [-0.2, 0) is 0 Å². The van der Waals surface area contributed by atoms with Gasteiger partial charge in [-0.2, -0.15) is 0 Å². The fourth-order valence-corrected chi connectivity index (χ4v) is 6.74. The molecule has 3 nitrogen and oxygen atoms in total. The van der Waals surface area contributed by atoms with Crippen molar-refractivity contribution in [3.63, 3.8) is 0 Å². The van der Waals surface area contributed by atoms with Gasteiger partial charge in [0.15, 0.2) is 0 Å². The maximum atomic E-state index is 13.3. The Kier molecular flexibility index (Phi) is 6.64. The van der Waals surface area contributed by atoms with Crippen LogP contribution >= 0.6 is 11.3 Å². The maximum Gasteiger partial charge on any atom is 0.264 e. The van der Waals surface area contributed by atoms with Gasteiger partial charge in [0, 0.05) is 24.0 Å². The Morgan fingerprint density at radius 2 is 1.43 bits per heavy atom. The molecule has 2 fully saturated rings. The lowest BCUT2D eigenvalue weighted by Gasteiger charge is -2.38. The van der Waals surface area contributed by atoms with Gasteiger partial charge < -0.3 is 9.80 Å². The van der Waals surface area contributed by atoms with Crippen molar-refractivity contribution in [3.05, 3.63) is 45.3 Å². The lowest BCUT2D eigenvalue weighted by molar-refractivity contribution is 0.0627. The fraction of sp³-hybridized carbons (Fsp3) is 0.577. The van der Waals surface area contributed by atoms with E-state index in [-0.39, 0.29) is 5.91 Å². The van der Waals surface area contributed by atoms with E-state index >= 15 is 0 Å². The molecule has 0 N–H and O–H groups in total. The summed E-state index contributed by atoms with van der Waals surface area (Å²) in [6.45, 7) is 12.9. The number of nitrogens with zero attached hydrogens (tertiary/aromatic N) is 2. The highest BCUT2D eigenvalue weighted by Gasteiger charge is 2.29. The third-order valence-electron chi connectivity index (χ3n) is 6.94. The second-order valence-electron chi connectivity index (χ2n) is 9.37. The monoisotopic (exact) mass is 424 g/mol. The molecule has 4 heteroatoms. The Morgan fingerprint density at radius 1 is 0.833 bits per heavy atom. The summed E-state index contributed by atoms with van der Waals surface area (Å²) < 4.78 is 0. The van der Waals surface area contributed by atoms with Crippen LogP contribution in [0.25, 0.3) is 10.4 Å². The van der Waals surface area contributed by atoms with E-state index in [4.69, 9.17) is 0 Å². The number of thiophene rings is 1. The Labute approximate surface area is 186 Å². The minimum absolute atomic E-state index is 0.237. The summed E-state index contributed by atoms with van der Waals surface area (Å²) in [5.41, 5.74) is 6.31. The van der Waals surface area contributed by atoms with E-state index in [1.54, 1.807) is 11.3 Å². The van der Waals surface area contributed by atoms with Crippen molar-refractivity contribution in [1.29, 1.82) is 0 Å². The van der Waals surface area contributed by atoms with Crippen molar-refractivity contribution < 1.29 is 4.79 Å². The molecule has 30 heavy (non-hydrogen) atoms. The topological polar surface area (TPSA) is 23.6 Å². The SMILES string of the molecule is Cc1cc(C)c(-c2cc(C)c(C(=O)N3CCC(N4CCCCCC4)CC3)s2)c(C)c1. The summed E-state index contributed by atoms with van der Waals surface area (Å²) in [6, 6.07) is 7.37. The van der Waals surface area contributed by atoms with Crippen LogP contribution in [0.3, 0.4) is 0 Å². The molecule has 3 heterocycles. The number of likely N-dealkylation sites (tertiary alicyclic amines) is 2. The normalized spacial score (nSPS) is 19.1. The van der Waals surface area contributed by atoms with Crippen LogP contribution in [0.4, 0.5) is 0 Å². The van der Waals surface area contributed by atoms with Gasteiger partial charge in [-0.05, 0) is 94.8 Å². The van der Waals surface area contributed by atoms with Crippen LogP contribution < -0.4 is 0 Å². The number of benzene rings is 1. The third-order valence-corrected chi connectivity index (χ3v) is 8.19. The average molecular weight is 425 g/mol. The van der Waals surface area contributed by atoms with E-state index in [1.807, 2.05) is 0 Å². The molecular formula is C26H36N2OS. The minimum Gasteiger partial charge on any atom is -0.338 e. The van der Waals surface area contributed by atoms with E-state index in [2.05, 4.69) is 55.7 Å². The predicted octanol–water partition coefficient (Wildman–Crippen LogP) is 6.13. The first-order chi connectivity index (χ1) is 14.4. The Morgan fingerprint density at radius 3 is 2.03 bits per heavy atom. The quantitative estimate of drug-likeness (QED) is 0.592. The number of aryl methyl sites for hydroxylation is 4. The predicted molar refractivity (Wildman–Crippen MR) is 128 cm³/mol. The van der Waals surface area contributed by atoms with Crippen molar-refractivity contribution in [2.45, 2.75) is 72.3 Å². The van der Waals surface area contributed by atoms with Crippen molar-refractivity contribution in [1.82, 2.24) is 9.80 Å². The van der Waals surface area contributed by atoms with Crippen LogP contribution in [0.15, 0.2) is 18.2 Å². The van der Waals surface area contributed by atoms with E-state index in [9.17, 15) is 4.79 Å². The Balaban J connectivity index is 1.46. The van der Waals surface area contributed by atoms with Crippen LogP contribution in [-0.4, -0.2) is 47.9 Å². The molecule has 2 aromatic rings. The van der Waals surface area contributed by atoms with Crippen molar-refractivity contribution in [2.24, 2.45) is 0 Å². The molecule has 0 aliphatic carbocycles. The standard InChI is InChI=1S/C26H36N2OS/c1-18-15-19(2)24(20(3)16-18)23-17-21(4)25(30-23)26(29)28-13-9-22(10-14-28)27-11-7-5-6-8-12-27/h15-17,22H,5-14H2,1-4H3. The highest BCUT2D eigenvalue weighted by Crippen LogP contribution is 2.37. The van der Waals surface area contributed by atoms with Gasteiger partial charge in [-0.15, -0.1) is 11.3 Å². The lowest BCUT2D eigenvalue weighted by Crippen LogP contribution is -2.47. The van der Waals surface area contributed by atoms with E-state index < -0.39 is 0 Å². The molecule has 2 saturated heterocycles. The molecule has 0 unspecified atom stereocenters. The fourth-order valence-electron chi connectivity index (χ4n) is 5.42. The summed E-state index contributed by atoms with van der Waals surface area (Å²) in [5, 5.41) is 0. The molecule has 2 aliphatic heterocycles. The van der Waals surface area contributed by atoms with Gasteiger partial charge in [0.2, 0.25) is 0 Å². The molecule has 0 atom stereocenters. The van der Waals surface area contributed by atoms with E-state index in [0.29, 0.717) is 6.04 Å². The molecule has 2 aliphatic rings. The van der Waals surface area contributed by atoms with Gasteiger partial charge >= 0.3 is 0 Å². The third kappa shape index (κ3) is 4.50. The number of hydrogen-bond acceptors (Lipinski definition) is 3. The van der Waals surface area contributed by atoms with Gasteiger partial charge in [0.25, 0.3) is 5.91 Å². The second kappa shape index (κ2) is 9.23. The van der Waals surface area contributed by atoms with Crippen molar-refractivity contribution >= 4 is 17.2 Å². The Bertz CT molecular complexity index is 877. The van der Waals surface area contributed by atoms with Crippen molar-refractivity contribution in [2.75, 3.05) is 26.2 Å². The van der Waals surface area contributed by atoms with Gasteiger partial charge in [0.1, 0.15) is 0 Å². The summed E-state index contributed by atoms with van der Waals surface area (Å²) in [4.78, 5) is 20.3. The second-order valence-corrected chi connectivity index (χ2v) is 10.4. The van der Waals surface area contributed by atoms with Crippen LogP contribution in [0.5, 0.6) is 0 Å². The maximum absolute atomic E-state index is 13.3. The number of carbonyl (C=O) groups excluding carboxylic acids is 1. The molecule has 162 valence electrons. The molecular weight excluding hydrogens is 388 g/mol. The first-order valence-corrected chi connectivity index (χ1v) is 12.5. The minimum atomic E-state index is 0.237. The first-order valence-electron chi connectivity index (χ1n) is 11.7. The summed E-state index contributed by atoms with van der Waals surface area (Å²) in [5.74, 6) is 0.237. The summed E-state index contributed by atoms with van der Waals surface area (Å²) >= 11 is 1.68. The molecule has 0 spiro atoms. The average Bonchev–Trinajstić information content (AvgIpc) is 2.91. The van der Waals surface area contributed by atoms with Gasteiger partial charge in [-0.1, -0.05) is 30.5 Å². The number of piperidine rings is 1. The van der Waals surface area contributed by atoms with Gasteiger partial charge in [-0.25, -0.2) is 0 Å². The zero-order chi connectivity index (χ0) is 21.3. The summed E-state index contributed by atoms with van der Waals surface area (Å²) in [7, 11) is 0. The number of amides is 1. The van der Waals surface area contributed by atoms with Crippen LogP contribution in [0.2, 0.25) is 0 Å². The molecule has 1 aromatic carbocycles. The van der Waals surface area contributed by atoms with E-state index in [1.165, 1.54) is 65.9 Å². The molecule has 1 amide bonds. The van der Waals surface area contributed by atoms with Gasteiger partial charge in [-0.3, -0.25) is 4.79 Å². The highest BCUT2D eigenvalue weighted by molar-refractivity contribution is 7.17. The number of carbonyl (C=O) groups is 1. The molecule has 0 bridgehead atoms. The zero-order valence-electron chi connectivity index (χ0n) is 19.1.